The quantitative estimate of drug-likeness (QED) is 0.298. The normalized spacial score (nSPS) is 32.4. The first-order valence-corrected chi connectivity index (χ1v) is 3.11. The number of quaternary nitrogens is 1. The van der Waals surface area contributed by atoms with Crippen LogP contribution in [0.4, 0.5) is 0 Å². The first kappa shape index (κ1) is 7.74. The molecule has 1 unspecified atom stereocenters. The largest absolute Gasteiger partial charge is 0.432 e. The number of amides is 1. The molecule has 0 aromatic heterocycles. The molecule has 0 aromatic carbocycles. The summed E-state index contributed by atoms with van der Waals surface area (Å²) in [6.07, 6.45) is 2.97. The Labute approximate surface area is 64.3 Å². The highest BCUT2D eigenvalue weighted by atomic mass is 16.5. The molecule has 2 N–H and O–H groups in total. The van der Waals surface area contributed by atoms with Crippen LogP contribution in [0.3, 0.4) is 0 Å². The number of hydrazone groups is 1. The maximum atomic E-state index is 11.0. The van der Waals surface area contributed by atoms with Gasteiger partial charge < -0.3 is 10.6 Å². The van der Waals surface area contributed by atoms with Gasteiger partial charge in [-0.25, -0.2) is 4.79 Å². The summed E-state index contributed by atoms with van der Waals surface area (Å²) in [5.41, 5.74) is 0. The van der Waals surface area contributed by atoms with Gasteiger partial charge in [0, 0.05) is 0 Å². The van der Waals surface area contributed by atoms with E-state index in [0.717, 1.165) is 0 Å². The number of hydrogen-bond donors (Lipinski definition) is 1. The van der Waals surface area contributed by atoms with Crippen molar-refractivity contribution in [3.8, 4) is 0 Å². The number of nitrogens with zero attached hydrogens (tertiary/aromatic N) is 2. The average molecular weight is 156 g/mol. The van der Waals surface area contributed by atoms with Crippen LogP contribution in [0.25, 0.3) is 0 Å². The van der Waals surface area contributed by atoms with Crippen molar-refractivity contribution < 1.29 is 14.0 Å². The SMILES string of the molecule is CC(=O)[N+]1(C)C=COC1=NN. The highest BCUT2D eigenvalue weighted by Crippen LogP contribution is 2.14. The smallest absolute Gasteiger partial charge is 0.398 e. The summed E-state index contributed by atoms with van der Waals surface area (Å²) in [6, 6.07) is 0.192. The van der Waals surface area contributed by atoms with Gasteiger partial charge in [-0.1, -0.05) is 5.10 Å². The Hall–Kier alpha value is -1.36. The summed E-state index contributed by atoms with van der Waals surface area (Å²) in [5.74, 6) is 4.91. The van der Waals surface area contributed by atoms with Crippen molar-refractivity contribution in [2.45, 2.75) is 6.92 Å². The van der Waals surface area contributed by atoms with E-state index in [1.165, 1.54) is 13.2 Å². The molecule has 60 valence electrons. The van der Waals surface area contributed by atoms with Crippen molar-refractivity contribution in [2.75, 3.05) is 7.05 Å². The lowest BCUT2D eigenvalue weighted by Crippen LogP contribution is -2.46. The number of nitrogens with two attached hydrogens (primary N) is 1. The molecule has 0 saturated carbocycles. The molecule has 0 fully saturated rings. The molecule has 1 atom stereocenters. The van der Waals surface area contributed by atoms with Crippen LogP contribution in [0, 0.1) is 0 Å². The lowest BCUT2D eigenvalue weighted by molar-refractivity contribution is -0.686. The summed E-state index contributed by atoms with van der Waals surface area (Å²) >= 11 is 0. The van der Waals surface area contributed by atoms with E-state index in [2.05, 4.69) is 5.10 Å². The summed E-state index contributed by atoms with van der Waals surface area (Å²) in [7, 11) is 1.65. The van der Waals surface area contributed by atoms with Crippen LogP contribution >= 0.6 is 0 Å². The van der Waals surface area contributed by atoms with Crippen molar-refractivity contribution in [1.29, 1.82) is 0 Å². The van der Waals surface area contributed by atoms with Crippen LogP contribution in [0.1, 0.15) is 6.92 Å². The minimum absolute atomic E-state index is 0.0945. The molecular formula is C6H10N3O2+. The second kappa shape index (κ2) is 2.35. The van der Waals surface area contributed by atoms with Gasteiger partial charge in [0.05, 0.1) is 14.0 Å². The highest BCUT2D eigenvalue weighted by molar-refractivity contribution is 5.84. The molecule has 0 radical (unpaired) electrons. The zero-order chi connectivity index (χ0) is 8.48. The van der Waals surface area contributed by atoms with Gasteiger partial charge >= 0.3 is 11.9 Å². The monoisotopic (exact) mass is 156 g/mol. The topological polar surface area (TPSA) is 64.7 Å². The Morgan fingerprint density at radius 1 is 1.82 bits per heavy atom. The third-order valence-corrected chi connectivity index (χ3v) is 1.69. The molecular weight excluding hydrogens is 146 g/mol. The minimum atomic E-state index is -0.101. The second-order valence-corrected chi connectivity index (χ2v) is 2.41. The first-order valence-electron chi connectivity index (χ1n) is 3.11. The number of carbonyl (C=O) groups is 1. The van der Waals surface area contributed by atoms with Crippen molar-refractivity contribution in [1.82, 2.24) is 0 Å². The number of amidine groups is 1. The minimum Gasteiger partial charge on any atom is -0.398 e. The summed E-state index contributed by atoms with van der Waals surface area (Å²) in [4.78, 5) is 11.0. The number of carbonyl (C=O) groups excluding carboxylic acids is 1. The van der Waals surface area contributed by atoms with Crippen molar-refractivity contribution >= 4 is 11.9 Å². The fraction of sp³-hybridized carbons (Fsp3) is 0.333. The van der Waals surface area contributed by atoms with E-state index in [9.17, 15) is 4.79 Å². The van der Waals surface area contributed by atoms with Gasteiger partial charge in [0.25, 0.3) is 0 Å². The molecule has 0 saturated heterocycles. The average Bonchev–Trinajstić information content (AvgIpc) is 2.32. The Balaban J connectivity index is 3.02. The van der Waals surface area contributed by atoms with E-state index >= 15 is 0 Å². The molecule has 1 aliphatic rings. The predicted octanol–water partition coefficient (Wildman–Crippen LogP) is -0.289. The molecule has 0 aliphatic carbocycles. The molecule has 1 amide bonds. The van der Waals surface area contributed by atoms with Crippen LogP contribution in [0.5, 0.6) is 0 Å². The van der Waals surface area contributed by atoms with Crippen LogP contribution in [-0.4, -0.2) is 23.5 Å². The van der Waals surface area contributed by atoms with E-state index in [1.54, 1.807) is 13.2 Å². The predicted molar refractivity (Wildman–Crippen MR) is 38.7 cm³/mol. The molecule has 1 aliphatic heterocycles. The van der Waals surface area contributed by atoms with Crippen molar-refractivity contribution in [2.24, 2.45) is 10.9 Å². The van der Waals surface area contributed by atoms with Crippen molar-refractivity contribution in [3.05, 3.63) is 12.5 Å². The second-order valence-electron chi connectivity index (χ2n) is 2.41. The fourth-order valence-electron chi connectivity index (χ4n) is 0.776. The van der Waals surface area contributed by atoms with Gasteiger partial charge in [-0.3, -0.25) is 0 Å². The third kappa shape index (κ3) is 0.988. The number of ether oxygens (including phenoxy) is 1. The summed E-state index contributed by atoms with van der Waals surface area (Å²) < 4.78 is 4.77. The van der Waals surface area contributed by atoms with Crippen LogP contribution in [0.2, 0.25) is 0 Å². The Morgan fingerprint density at radius 3 is 2.82 bits per heavy atom. The van der Waals surface area contributed by atoms with Gasteiger partial charge in [-0.2, -0.15) is 4.48 Å². The van der Waals surface area contributed by atoms with Crippen LogP contribution in [0.15, 0.2) is 17.6 Å². The molecule has 0 spiro atoms. The van der Waals surface area contributed by atoms with E-state index in [-0.39, 0.29) is 16.4 Å². The Kier molecular flexibility index (Phi) is 1.66. The molecule has 11 heavy (non-hydrogen) atoms. The van der Waals surface area contributed by atoms with E-state index in [0.29, 0.717) is 0 Å². The van der Waals surface area contributed by atoms with Gasteiger partial charge in [-0.05, 0) is 0 Å². The van der Waals surface area contributed by atoms with Gasteiger partial charge in [0.2, 0.25) is 0 Å². The third-order valence-electron chi connectivity index (χ3n) is 1.69. The Morgan fingerprint density at radius 2 is 2.45 bits per heavy atom. The molecule has 5 heteroatoms. The van der Waals surface area contributed by atoms with Gasteiger partial charge in [-0.15, -0.1) is 0 Å². The molecule has 0 aromatic rings. The summed E-state index contributed by atoms with van der Waals surface area (Å²) in [5, 5.41) is 3.35. The number of hydrogen-bond acceptors (Lipinski definition) is 4. The molecule has 5 nitrogen and oxygen atoms in total. The zero-order valence-corrected chi connectivity index (χ0v) is 6.44. The van der Waals surface area contributed by atoms with Crippen LogP contribution < -0.4 is 5.84 Å². The van der Waals surface area contributed by atoms with Crippen LogP contribution in [-0.2, 0) is 9.53 Å². The van der Waals surface area contributed by atoms with E-state index < -0.39 is 0 Å². The lowest BCUT2D eigenvalue weighted by atomic mass is 10.5. The standard InChI is InChI=1S/C6H10N3O2/c1-5(10)9(2)3-4-11-6(9)8-7/h3-4H,7H2,1-2H3/q+1. The summed E-state index contributed by atoms with van der Waals surface area (Å²) in [6.45, 7) is 1.45. The van der Waals surface area contributed by atoms with E-state index in [1.807, 2.05) is 0 Å². The molecule has 1 rings (SSSR count). The Bertz CT molecular complexity index is 246. The highest BCUT2D eigenvalue weighted by Gasteiger charge is 2.39. The van der Waals surface area contributed by atoms with Gasteiger partial charge in [0.1, 0.15) is 6.20 Å². The maximum absolute atomic E-state index is 11.0. The van der Waals surface area contributed by atoms with Gasteiger partial charge in [0.15, 0.2) is 6.26 Å². The van der Waals surface area contributed by atoms with E-state index in [4.69, 9.17) is 10.6 Å². The molecule has 1 heterocycles. The fourth-order valence-corrected chi connectivity index (χ4v) is 0.776. The maximum Gasteiger partial charge on any atom is 0.432 e. The lowest BCUT2D eigenvalue weighted by Gasteiger charge is -2.17. The molecule has 0 bridgehead atoms. The zero-order valence-electron chi connectivity index (χ0n) is 6.44. The number of rotatable bonds is 0. The van der Waals surface area contributed by atoms with Crippen molar-refractivity contribution in [3.63, 3.8) is 0 Å². The first-order chi connectivity index (χ1) is 5.11.